The molecule has 0 unspecified atom stereocenters. The second-order valence-corrected chi connectivity index (χ2v) is 9.41. The monoisotopic (exact) mass is 488 g/mol. The molecule has 0 aromatic heterocycles. The van der Waals surface area contributed by atoms with Gasteiger partial charge in [-0.3, -0.25) is 19.2 Å². The van der Waals surface area contributed by atoms with Crippen molar-refractivity contribution in [1.82, 2.24) is 20.0 Å². The maximum Gasteiger partial charge on any atom is 0.325 e. The molecular formula is C26H40N4O5. The minimum atomic E-state index is -0.814. The minimum Gasteiger partial charge on any atom is -0.462 e. The minimum absolute atomic E-state index is 0.136. The number of ether oxygens (including phenoxy) is 1. The second kappa shape index (κ2) is 12.7. The zero-order valence-corrected chi connectivity index (χ0v) is 22.0. The van der Waals surface area contributed by atoms with Crippen LogP contribution < -0.4 is 5.32 Å². The molecule has 9 heteroatoms. The molecule has 1 aromatic rings. The van der Waals surface area contributed by atoms with Gasteiger partial charge in [-0.25, -0.2) is 0 Å². The molecule has 1 aliphatic rings. The first-order valence-electron chi connectivity index (χ1n) is 12.3. The number of aryl methyl sites for hydroxylation is 1. The van der Waals surface area contributed by atoms with E-state index >= 15 is 0 Å². The Balaban J connectivity index is 2.29. The fourth-order valence-corrected chi connectivity index (χ4v) is 4.11. The molecule has 0 bridgehead atoms. The summed E-state index contributed by atoms with van der Waals surface area (Å²) in [6.07, 6.45) is 0.570. The Labute approximate surface area is 208 Å². The van der Waals surface area contributed by atoms with Crippen LogP contribution in [0.5, 0.6) is 0 Å². The highest BCUT2D eigenvalue weighted by atomic mass is 16.5. The van der Waals surface area contributed by atoms with Gasteiger partial charge in [0.1, 0.15) is 18.6 Å². The molecule has 1 saturated heterocycles. The van der Waals surface area contributed by atoms with Crippen LogP contribution in [0.25, 0.3) is 0 Å². The van der Waals surface area contributed by atoms with E-state index in [0.29, 0.717) is 25.9 Å². The summed E-state index contributed by atoms with van der Waals surface area (Å²) in [5.41, 5.74) is 2.00. The number of rotatable bonds is 11. The van der Waals surface area contributed by atoms with E-state index in [9.17, 15) is 19.2 Å². The van der Waals surface area contributed by atoms with Gasteiger partial charge in [0, 0.05) is 26.6 Å². The van der Waals surface area contributed by atoms with Crippen LogP contribution in [0.1, 0.15) is 45.2 Å². The molecule has 194 valence electrons. The van der Waals surface area contributed by atoms with Crippen LogP contribution in [0.3, 0.4) is 0 Å². The average molecular weight is 489 g/mol. The number of carbonyl (C=O) groups excluding carboxylic acids is 4. The highest BCUT2D eigenvalue weighted by molar-refractivity contribution is 5.95. The van der Waals surface area contributed by atoms with E-state index in [4.69, 9.17) is 4.74 Å². The highest BCUT2D eigenvalue weighted by Gasteiger charge is 2.43. The van der Waals surface area contributed by atoms with Crippen molar-refractivity contribution >= 4 is 23.7 Å². The van der Waals surface area contributed by atoms with Crippen molar-refractivity contribution in [2.24, 2.45) is 0 Å². The quantitative estimate of drug-likeness (QED) is 0.473. The molecule has 1 N–H and O–H groups in total. The lowest BCUT2D eigenvalue weighted by atomic mass is 9.97. The van der Waals surface area contributed by atoms with Crippen LogP contribution in [-0.4, -0.2) is 96.3 Å². The zero-order chi connectivity index (χ0) is 26.3. The number of amides is 3. The van der Waals surface area contributed by atoms with E-state index in [-0.39, 0.29) is 30.4 Å². The molecule has 1 fully saturated rings. The molecule has 1 aliphatic heterocycles. The fraction of sp³-hybridized carbons (Fsp3) is 0.615. The van der Waals surface area contributed by atoms with Crippen LogP contribution >= 0.6 is 0 Å². The van der Waals surface area contributed by atoms with E-state index in [1.165, 1.54) is 11.9 Å². The standard InChI is InChI=1S/C26H40N4O5/c1-8-29(26(34)21-13-14-30(21)24(32)19(5)27-6)22(15-20-11-9-18(4)10-12-20)25(33)28(7)16-23(31)35-17(2)3/h9-12,17,19,21-22,27H,8,13-16H2,1-7H3/t19-,21-,22-/m0/s1. The maximum atomic E-state index is 13.6. The van der Waals surface area contributed by atoms with Crippen molar-refractivity contribution in [3.63, 3.8) is 0 Å². The van der Waals surface area contributed by atoms with Crippen molar-refractivity contribution < 1.29 is 23.9 Å². The van der Waals surface area contributed by atoms with Crippen molar-refractivity contribution in [2.75, 3.05) is 33.7 Å². The summed E-state index contributed by atoms with van der Waals surface area (Å²) in [5, 5.41) is 2.92. The number of hydrogen-bond acceptors (Lipinski definition) is 6. The van der Waals surface area contributed by atoms with Crippen molar-refractivity contribution in [2.45, 2.75) is 71.7 Å². The SMILES string of the molecule is CCN(C(=O)[C@@H]1CCN1C(=O)[C@H](C)NC)[C@@H](Cc1ccc(C)cc1)C(=O)N(C)CC(=O)OC(C)C. The lowest BCUT2D eigenvalue weighted by Crippen LogP contribution is -2.64. The number of nitrogens with one attached hydrogen (secondary N) is 1. The Kier molecular flexibility index (Phi) is 10.2. The maximum absolute atomic E-state index is 13.6. The van der Waals surface area contributed by atoms with Crippen molar-refractivity contribution in [1.29, 1.82) is 0 Å². The van der Waals surface area contributed by atoms with Crippen LogP contribution in [0.4, 0.5) is 0 Å². The number of benzene rings is 1. The molecule has 0 spiro atoms. The number of esters is 1. The first kappa shape index (κ1) is 28.3. The number of likely N-dealkylation sites (tertiary alicyclic amines) is 1. The van der Waals surface area contributed by atoms with Crippen LogP contribution in [0, 0.1) is 6.92 Å². The van der Waals surface area contributed by atoms with Crippen LogP contribution in [0.15, 0.2) is 24.3 Å². The Morgan fingerprint density at radius 1 is 1.14 bits per heavy atom. The summed E-state index contributed by atoms with van der Waals surface area (Å²) >= 11 is 0. The number of carbonyl (C=O) groups is 4. The van der Waals surface area contributed by atoms with Gasteiger partial charge in [-0.05, 0) is 53.7 Å². The first-order valence-corrected chi connectivity index (χ1v) is 12.3. The van der Waals surface area contributed by atoms with Crippen molar-refractivity contribution in [3.8, 4) is 0 Å². The third-order valence-electron chi connectivity index (χ3n) is 6.34. The van der Waals surface area contributed by atoms with E-state index in [0.717, 1.165) is 11.1 Å². The smallest absolute Gasteiger partial charge is 0.325 e. The van der Waals surface area contributed by atoms with E-state index in [1.54, 1.807) is 37.6 Å². The molecule has 35 heavy (non-hydrogen) atoms. The Morgan fingerprint density at radius 2 is 1.77 bits per heavy atom. The third-order valence-corrected chi connectivity index (χ3v) is 6.34. The summed E-state index contributed by atoms with van der Waals surface area (Å²) < 4.78 is 5.19. The Bertz CT molecular complexity index is 902. The van der Waals surface area contributed by atoms with Gasteiger partial charge in [0.15, 0.2) is 0 Å². The molecule has 3 amide bonds. The summed E-state index contributed by atoms with van der Waals surface area (Å²) in [5.74, 6) is -1.24. The molecule has 3 atom stereocenters. The van der Waals surface area contributed by atoms with Gasteiger partial charge in [0.25, 0.3) is 0 Å². The van der Waals surface area contributed by atoms with Gasteiger partial charge in [-0.2, -0.15) is 0 Å². The number of likely N-dealkylation sites (N-methyl/N-ethyl adjacent to an activating group) is 3. The van der Waals surface area contributed by atoms with Gasteiger partial charge >= 0.3 is 5.97 Å². The molecule has 1 aromatic carbocycles. The van der Waals surface area contributed by atoms with Gasteiger partial charge in [-0.1, -0.05) is 29.8 Å². The van der Waals surface area contributed by atoms with Gasteiger partial charge < -0.3 is 24.8 Å². The molecule has 2 rings (SSSR count). The number of hydrogen-bond donors (Lipinski definition) is 1. The topological polar surface area (TPSA) is 99.3 Å². The Hall–Kier alpha value is -2.94. The van der Waals surface area contributed by atoms with Gasteiger partial charge in [-0.15, -0.1) is 0 Å². The fourth-order valence-electron chi connectivity index (χ4n) is 4.11. The summed E-state index contributed by atoms with van der Waals surface area (Å²) in [6, 6.07) is 6.00. The number of nitrogens with zero attached hydrogens (tertiary/aromatic N) is 3. The molecule has 0 aliphatic carbocycles. The largest absolute Gasteiger partial charge is 0.462 e. The van der Waals surface area contributed by atoms with Crippen molar-refractivity contribution in [3.05, 3.63) is 35.4 Å². The van der Waals surface area contributed by atoms with Crippen LogP contribution in [0.2, 0.25) is 0 Å². The summed E-state index contributed by atoms with van der Waals surface area (Å²) in [7, 11) is 3.24. The van der Waals surface area contributed by atoms with E-state index < -0.39 is 24.1 Å². The molecule has 9 nitrogen and oxygen atoms in total. The lowest BCUT2D eigenvalue weighted by molar-refractivity contribution is -0.159. The van der Waals surface area contributed by atoms with Gasteiger partial charge in [0.05, 0.1) is 12.1 Å². The van der Waals surface area contributed by atoms with Crippen LogP contribution in [-0.2, 0) is 30.3 Å². The lowest BCUT2D eigenvalue weighted by Gasteiger charge is -2.44. The normalized spacial score (nSPS) is 16.8. The zero-order valence-electron chi connectivity index (χ0n) is 22.0. The molecule has 0 saturated carbocycles. The van der Waals surface area contributed by atoms with E-state index in [1.807, 2.05) is 38.1 Å². The third kappa shape index (κ3) is 7.27. The predicted octanol–water partition coefficient (Wildman–Crippen LogP) is 1.37. The molecule has 0 radical (unpaired) electrons. The molecular weight excluding hydrogens is 448 g/mol. The first-order chi connectivity index (χ1) is 16.5. The summed E-state index contributed by atoms with van der Waals surface area (Å²) in [6.45, 7) is 9.66. The highest BCUT2D eigenvalue weighted by Crippen LogP contribution is 2.23. The average Bonchev–Trinajstić information content (AvgIpc) is 2.77. The molecule has 1 heterocycles. The van der Waals surface area contributed by atoms with Gasteiger partial charge in [0.2, 0.25) is 17.7 Å². The van der Waals surface area contributed by atoms with E-state index in [2.05, 4.69) is 5.32 Å². The Morgan fingerprint density at radius 3 is 2.26 bits per heavy atom. The summed E-state index contributed by atoms with van der Waals surface area (Å²) in [4.78, 5) is 56.5. The predicted molar refractivity (Wildman–Crippen MR) is 134 cm³/mol. The second-order valence-electron chi connectivity index (χ2n) is 9.41.